The number of urea groups is 1. The molecule has 0 spiro atoms. The summed E-state index contributed by atoms with van der Waals surface area (Å²) >= 11 is 3.40. The average Bonchev–Trinajstić information content (AvgIpc) is 2.77. The molecule has 0 saturated heterocycles. The fourth-order valence-electron chi connectivity index (χ4n) is 3.15. The highest BCUT2D eigenvalue weighted by Crippen LogP contribution is 2.20. The predicted molar refractivity (Wildman–Crippen MR) is 137 cm³/mol. The number of rotatable bonds is 12. The second-order valence-electron chi connectivity index (χ2n) is 9.21. The first-order valence-corrected chi connectivity index (χ1v) is 12.2. The largest absolute Gasteiger partial charge is 0.492 e. The minimum Gasteiger partial charge on any atom is -0.492 e. The molecule has 2 aromatic carbocycles. The molecule has 0 saturated carbocycles. The third-order valence-electron chi connectivity index (χ3n) is 5.13. The second kappa shape index (κ2) is 13.3. The number of nitrogens with one attached hydrogen (secondary N) is 1. The van der Waals surface area contributed by atoms with Crippen molar-refractivity contribution >= 4 is 33.6 Å². The van der Waals surface area contributed by atoms with Crippen LogP contribution in [0.2, 0.25) is 0 Å². The van der Waals surface area contributed by atoms with Gasteiger partial charge in [0.15, 0.2) is 6.10 Å². The van der Waals surface area contributed by atoms with Gasteiger partial charge in [-0.05, 0) is 60.7 Å². The monoisotopic (exact) mass is 534 g/mol. The van der Waals surface area contributed by atoms with Gasteiger partial charge in [-0.3, -0.25) is 0 Å². The number of aliphatic carboxylic acids is 1. The van der Waals surface area contributed by atoms with E-state index in [-0.39, 0.29) is 11.4 Å². The highest BCUT2D eigenvalue weighted by atomic mass is 79.9. The van der Waals surface area contributed by atoms with Crippen molar-refractivity contribution in [2.75, 3.05) is 31.6 Å². The zero-order valence-corrected chi connectivity index (χ0v) is 21.9. The van der Waals surface area contributed by atoms with E-state index < -0.39 is 12.1 Å². The Morgan fingerprint density at radius 1 is 1.06 bits per heavy atom. The normalized spacial score (nSPS) is 12.1. The van der Waals surface area contributed by atoms with Crippen molar-refractivity contribution in [2.24, 2.45) is 5.41 Å². The van der Waals surface area contributed by atoms with Gasteiger partial charge in [0.1, 0.15) is 12.4 Å². The maximum absolute atomic E-state index is 12.9. The number of hydrogen-bond acceptors (Lipinski definition) is 4. The van der Waals surface area contributed by atoms with Gasteiger partial charge in [-0.15, -0.1) is 0 Å². The van der Waals surface area contributed by atoms with Crippen LogP contribution in [0, 0.1) is 5.41 Å². The van der Waals surface area contributed by atoms with Crippen LogP contribution >= 0.6 is 15.9 Å². The Labute approximate surface area is 210 Å². The molecule has 0 fully saturated rings. The number of carboxylic acids is 1. The van der Waals surface area contributed by atoms with Crippen LogP contribution in [0.4, 0.5) is 10.5 Å². The standard InChI is InChI=1S/C26H35BrN2O5/c1-5-33-23(24(30)31)18-19-6-12-22(13-7-19)34-17-16-29(15-14-26(2,3)4)25(32)28-21-10-8-20(27)9-11-21/h6-13,23H,5,14-18H2,1-4H3,(H,28,32)(H,30,31). The summed E-state index contributed by atoms with van der Waals surface area (Å²) in [4.78, 5) is 25.9. The molecular formula is C26H35BrN2O5. The van der Waals surface area contributed by atoms with Gasteiger partial charge in [0, 0.05) is 29.7 Å². The molecule has 2 amide bonds. The van der Waals surface area contributed by atoms with E-state index in [1.807, 2.05) is 48.5 Å². The molecule has 2 aromatic rings. The van der Waals surface area contributed by atoms with Gasteiger partial charge < -0.3 is 24.8 Å². The number of nitrogens with zero attached hydrogens (tertiary/aromatic N) is 1. The molecule has 0 aromatic heterocycles. The molecule has 2 rings (SSSR count). The molecule has 1 atom stereocenters. The van der Waals surface area contributed by atoms with Gasteiger partial charge in [0.25, 0.3) is 0 Å². The van der Waals surface area contributed by atoms with Crippen LogP contribution in [0.15, 0.2) is 53.0 Å². The van der Waals surface area contributed by atoms with E-state index in [0.29, 0.717) is 38.5 Å². The fraction of sp³-hybridized carbons (Fsp3) is 0.462. The molecule has 1 unspecified atom stereocenters. The number of halogens is 1. The molecule has 0 bridgehead atoms. The summed E-state index contributed by atoms with van der Waals surface area (Å²) in [6.45, 7) is 9.96. The molecule has 0 aliphatic rings. The third-order valence-corrected chi connectivity index (χ3v) is 5.66. The summed E-state index contributed by atoms with van der Waals surface area (Å²) in [5.41, 5.74) is 1.69. The summed E-state index contributed by atoms with van der Waals surface area (Å²) in [7, 11) is 0. The van der Waals surface area contributed by atoms with Crippen LogP contribution in [-0.4, -0.2) is 54.4 Å². The predicted octanol–water partition coefficient (Wildman–Crippen LogP) is 5.83. The zero-order chi connectivity index (χ0) is 25.1. The van der Waals surface area contributed by atoms with Crippen molar-refractivity contribution in [3.8, 4) is 5.75 Å². The number of hydrogen-bond donors (Lipinski definition) is 2. The first kappa shape index (κ1) is 27.7. The number of carboxylic acid groups (broad SMARTS) is 1. The Morgan fingerprint density at radius 2 is 1.71 bits per heavy atom. The maximum Gasteiger partial charge on any atom is 0.333 e. The van der Waals surface area contributed by atoms with Gasteiger partial charge in [-0.2, -0.15) is 0 Å². The Morgan fingerprint density at radius 3 is 2.26 bits per heavy atom. The summed E-state index contributed by atoms with van der Waals surface area (Å²) < 4.78 is 12.1. The van der Waals surface area contributed by atoms with E-state index in [2.05, 4.69) is 42.0 Å². The lowest BCUT2D eigenvalue weighted by Crippen LogP contribution is -2.39. The molecule has 34 heavy (non-hydrogen) atoms. The Bertz CT molecular complexity index is 910. The molecule has 8 heteroatoms. The van der Waals surface area contributed by atoms with Crippen molar-refractivity contribution in [1.29, 1.82) is 0 Å². The van der Waals surface area contributed by atoms with Gasteiger partial charge in [0.2, 0.25) is 0 Å². The van der Waals surface area contributed by atoms with Gasteiger partial charge >= 0.3 is 12.0 Å². The topological polar surface area (TPSA) is 88.1 Å². The van der Waals surface area contributed by atoms with Crippen molar-refractivity contribution in [1.82, 2.24) is 4.90 Å². The van der Waals surface area contributed by atoms with Crippen molar-refractivity contribution in [2.45, 2.75) is 46.6 Å². The molecule has 0 heterocycles. The highest BCUT2D eigenvalue weighted by molar-refractivity contribution is 9.10. The second-order valence-corrected chi connectivity index (χ2v) is 10.1. The van der Waals surface area contributed by atoms with Crippen molar-refractivity contribution in [3.63, 3.8) is 0 Å². The number of amides is 2. The Balaban J connectivity index is 1.93. The lowest BCUT2D eigenvalue weighted by atomic mass is 9.92. The van der Waals surface area contributed by atoms with Crippen LogP contribution in [0.1, 0.15) is 39.7 Å². The molecule has 2 N–H and O–H groups in total. The summed E-state index contributed by atoms with van der Waals surface area (Å²) in [5, 5.41) is 12.2. The zero-order valence-electron chi connectivity index (χ0n) is 20.3. The van der Waals surface area contributed by atoms with Crippen LogP contribution in [-0.2, 0) is 16.0 Å². The molecule has 0 aliphatic heterocycles. The molecular weight excluding hydrogens is 500 g/mol. The fourth-order valence-corrected chi connectivity index (χ4v) is 3.41. The van der Waals surface area contributed by atoms with E-state index in [4.69, 9.17) is 9.47 Å². The van der Waals surface area contributed by atoms with Gasteiger partial charge in [-0.1, -0.05) is 48.8 Å². The van der Waals surface area contributed by atoms with Crippen molar-refractivity contribution in [3.05, 3.63) is 58.6 Å². The first-order valence-electron chi connectivity index (χ1n) is 11.4. The minimum atomic E-state index is -0.973. The van der Waals surface area contributed by atoms with Crippen molar-refractivity contribution < 1.29 is 24.2 Å². The molecule has 0 radical (unpaired) electrons. The van der Waals surface area contributed by atoms with E-state index >= 15 is 0 Å². The average molecular weight is 535 g/mol. The van der Waals surface area contributed by atoms with E-state index in [0.717, 1.165) is 22.1 Å². The minimum absolute atomic E-state index is 0.0993. The Kier molecular flexibility index (Phi) is 10.9. The van der Waals surface area contributed by atoms with Crippen LogP contribution < -0.4 is 10.1 Å². The third kappa shape index (κ3) is 10.1. The first-order chi connectivity index (χ1) is 16.1. The Hall–Kier alpha value is -2.58. The van der Waals surface area contributed by atoms with E-state index in [1.54, 1.807) is 11.8 Å². The van der Waals surface area contributed by atoms with Gasteiger partial charge in [0.05, 0.1) is 6.54 Å². The van der Waals surface area contributed by atoms with Crippen LogP contribution in [0.3, 0.4) is 0 Å². The SMILES string of the molecule is CCOC(Cc1ccc(OCCN(CCC(C)(C)C)C(=O)Nc2ccc(Br)cc2)cc1)C(=O)O. The van der Waals surface area contributed by atoms with E-state index in [9.17, 15) is 14.7 Å². The number of anilines is 1. The highest BCUT2D eigenvalue weighted by Gasteiger charge is 2.19. The van der Waals surface area contributed by atoms with Crippen LogP contribution in [0.5, 0.6) is 5.75 Å². The smallest absolute Gasteiger partial charge is 0.333 e. The molecule has 0 aliphatic carbocycles. The summed E-state index contributed by atoms with van der Waals surface area (Å²) in [5.74, 6) is -0.310. The lowest BCUT2D eigenvalue weighted by Gasteiger charge is -2.27. The van der Waals surface area contributed by atoms with Gasteiger partial charge in [-0.25, -0.2) is 9.59 Å². The summed E-state index contributed by atoms with van der Waals surface area (Å²) in [6, 6.07) is 14.6. The summed E-state index contributed by atoms with van der Waals surface area (Å²) in [6.07, 6.45) is 0.290. The lowest BCUT2D eigenvalue weighted by molar-refractivity contribution is -0.149. The van der Waals surface area contributed by atoms with E-state index in [1.165, 1.54) is 0 Å². The maximum atomic E-state index is 12.9. The number of ether oxygens (including phenoxy) is 2. The number of carbonyl (C=O) groups is 2. The molecule has 186 valence electrons. The number of carbonyl (C=O) groups excluding carboxylic acids is 1. The quantitative estimate of drug-likeness (QED) is 0.357. The molecule has 7 nitrogen and oxygen atoms in total. The van der Waals surface area contributed by atoms with Crippen LogP contribution in [0.25, 0.3) is 0 Å². The number of benzene rings is 2.